The fourth-order valence-electron chi connectivity index (χ4n) is 3.46. The highest BCUT2D eigenvalue weighted by molar-refractivity contribution is 5.73. The Morgan fingerprint density at radius 2 is 2.05 bits per heavy atom. The van der Waals surface area contributed by atoms with Crippen LogP contribution in [0.1, 0.15) is 55.2 Å². The first-order valence-corrected chi connectivity index (χ1v) is 7.49. The molecule has 2 aliphatic carbocycles. The molecule has 1 N–H and O–H groups in total. The second-order valence-corrected chi connectivity index (χ2v) is 6.31. The third-order valence-electron chi connectivity index (χ3n) is 4.84. The molecule has 1 fully saturated rings. The molecule has 2 aliphatic rings. The fraction of sp³-hybridized carbons (Fsp3) is 0.588. The summed E-state index contributed by atoms with van der Waals surface area (Å²) in [5, 5.41) is 8.97. The molecule has 0 spiro atoms. The van der Waals surface area contributed by atoms with Gasteiger partial charge >= 0.3 is 5.97 Å². The average Bonchev–Trinajstić information content (AvgIpc) is 3.17. The van der Waals surface area contributed by atoms with Crippen molar-refractivity contribution in [2.24, 2.45) is 11.8 Å². The molecule has 3 atom stereocenters. The van der Waals surface area contributed by atoms with Gasteiger partial charge in [-0.05, 0) is 67.1 Å². The first-order chi connectivity index (χ1) is 9.15. The van der Waals surface area contributed by atoms with Crippen molar-refractivity contribution in [1.82, 2.24) is 0 Å². The third-order valence-corrected chi connectivity index (χ3v) is 4.84. The number of aliphatic carboxylic acids is 1. The first-order valence-electron chi connectivity index (χ1n) is 7.49. The maximum Gasteiger partial charge on any atom is 0.306 e. The first kappa shape index (κ1) is 12.7. The zero-order valence-electron chi connectivity index (χ0n) is 11.6. The van der Waals surface area contributed by atoms with E-state index < -0.39 is 5.97 Å². The zero-order valence-corrected chi connectivity index (χ0v) is 11.6. The van der Waals surface area contributed by atoms with Crippen molar-refractivity contribution in [3.8, 4) is 0 Å². The van der Waals surface area contributed by atoms with E-state index in [9.17, 15) is 4.79 Å². The van der Waals surface area contributed by atoms with Gasteiger partial charge < -0.3 is 5.11 Å². The monoisotopic (exact) mass is 258 g/mol. The van der Waals surface area contributed by atoms with Crippen molar-refractivity contribution < 1.29 is 9.90 Å². The summed E-state index contributed by atoms with van der Waals surface area (Å²) in [5.41, 5.74) is 4.45. The van der Waals surface area contributed by atoms with E-state index in [1.165, 1.54) is 42.4 Å². The van der Waals surface area contributed by atoms with E-state index in [1.54, 1.807) is 0 Å². The minimum absolute atomic E-state index is 0.0694. The van der Waals surface area contributed by atoms with Gasteiger partial charge in [-0.3, -0.25) is 4.79 Å². The lowest BCUT2D eigenvalue weighted by Gasteiger charge is -2.19. The highest BCUT2D eigenvalue weighted by atomic mass is 16.4. The van der Waals surface area contributed by atoms with Gasteiger partial charge in [0.1, 0.15) is 0 Å². The van der Waals surface area contributed by atoms with Gasteiger partial charge in [0.15, 0.2) is 0 Å². The molecule has 102 valence electrons. The van der Waals surface area contributed by atoms with Gasteiger partial charge in [-0.1, -0.05) is 25.1 Å². The number of carbonyl (C=O) groups is 1. The standard InChI is InChI=1S/C17H22O2/c1-11(8-15-10-16(15)17(18)19)13-7-6-12-4-2-3-5-14(12)9-13/h6-7,9,11,15-16H,2-5,8,10H2,1H3,(H,18,19). The topological polar surface area (TPSA) is 37.3 Å². The average molecular weight is 258 g/mol. The van der Waals surface area contributed by atoms with E-state index in [0.29, 0.717) is 11.8 Å². The molecule has 0 saturated heterocycles. The number of hydrogen-bond acceptors (Lipinski definition) is 1. The van der Waals surface area contributed by atoms with E-state index in [-0.39, 0.29) is 5.92 Å². The van der Waals surface area contributed by atoms with Crippen LogP contribution in [-0.4, -0.2) is 11.1 Å². The summed E-state index contributed by atoms with van der Waals surface area (Å²) in [6.45, 7) is 2.24. The molecule has 0 radical (unpaired) electrons. The molecule has 0 amide bonds. The van der Waals surface area contributed by atoms with E-state index in [1.807, 2.05) is 0 Å². The van der Waals surface area contributed by atoms with Crippen molar-refractivity contribution in [3.05, 3.63) is 34.9 Å². The van der Waals surface area contributed by atoms with Crippen LogP contribution in [0.5, 0.6) is 0 Å². The van der Waals surface area contributed by atoms with Crippen LogP contribution in [-0.2, 0) is 17.6 Å². The van der Waals surface area contributed by atoms with Gasteiger partial charge in [-0.2, -0.15) is 0 Å². The van der Waals surface area contributed by atoms with Crippen LogP contribution < -0.4 is 0 Å². The number of aryl methyl sites for hydroxylation is 2. The van der Waals surface area contributed by atoms with Gasteiger partial charge in [0, 0.05) is 0 Å². The lowest BCUT2D eigenvalue weighted by atomic mass is 9.86. The molecule has 1 aromatic carbocycles. The maximum absolute atomic E-state index is 10.9. The fourth-order valence-corrected chi connectivity index (χ4v) is 3.46. The summed E-state index contributed by atoms with van der Waals surface area (Å²) < 4.78 is 0. The molecule has 2 heteroatoms. The molecular weight excluding hydrogens is 236 g/mol. The van der Waals surface area contributed by atoms with Crippen LogP contribution >= 0.6 is 0 Å². The molecule has 19 heavy (non-hydrogen) atoms. The third kappa shape index (κ3) is 2.68. The van der Waals surface area contributed by atoms with Gasteiger partial charge in [0.05, 0.1) is 5.92 Å². The molecule has 3 rings (SSSR count). The molecule has 1 saturated carbocycles. The van der Waals surface area contributed by atoms with E-state index >= 15 is 0 Å². The van der Waals surface area contributed by atoms with Crippen molar-refractivity contribution in [3.63, 3.8) is 0 Å². The largest absolute Gasteiger partial charge is 0.481 e. The maximum atomic E-state index is 10.9. The van der Waals surface area contributed by atoms with Crippen molar-refractivity contribution in [2.75, 3.05) is 0 Å². The molecule has 0 aromatic heterocycles. The normalized spacial score (nSPS) is 26.6. The summed E-state index contributed by atoms with van der Waals surface area (Å²) >= 11 is 0. The van der Waals surface area contributed by atoms with Crippen molar-refractivity contribution >= 4 is 5.97 Å². The lowest BCUT2D eigenvalue weighted by Crippen LogP contribution is -2.06. The van der Waals surface area contributed by atoms with Gasteiger partial charge in [0.2, 0.25) is 0 Å². The van der Waals surface area contributed by atoms with Crippen LogP contribution in [0.25, 0.3) is 0 Å². The molecule has 0 bridgehead atoms. The molecule has 3 unspecified atom stereocenters. The van der Waals surface area contributed by atoms with Gasteiger partial charge in [0.25, 0.3) is 0 Å². The summed E-state index contributed by atoms with van der Waals surface area (Å²) in [5.74, 6) is 0.216. The van der Waals surface area contributed by atoms with Crippen LogP contribution in [0, 0.1) is 11.8 Å². The van der Waals surface area contributed by atoms with E-state index in [4.69, 9.17) is 5.11 Å². The zero-order chi connectivity index (χ0) is 13.4. The Balaban J connectivity index is 1.67. The van der Waals surface area contributed by atoms with Crippen LogP contribution in [0.2, 0.25) is 0 Å². The molecule has 0 aliphatic heterocycles. The Morgan fingerprint density at radius 1 is 1.32 bits per heavy atom. The van der Waals surface area contributed by atoms with Crippen molar-refractivity contribution in [1.29, 1.82) is 0 Å². The number of rotatable bonds is 4. The SMILES string of the molecule is CC(CC1CC1C(=O)O)c1ccc2c(c1)CCCC2. The number of carboxylic acids is 1. The molecule has 2 nitrogen and oxygen atoms in total. The van der Waals surface area contributed by atoms with Gasteiger partial charge in [-0.15, -0.1) is 0 Å². The van der Waals surface area contributed by atoms with Crippen molar-refractivity contribution in [2.45, 2.75) is 51.4 Å². The quantitative estimate of drug-likeness (QED) is 0.892. The van der Waals surface area contributed by atoms with E-state index in [0.717, 1.165) is 12.8 Å². The highest BCUT2D eigenvalue weighted by Crippen LogP contribution is 2.45. The smallest absolute Gasteiger partial charge is 0.306 e. The predicted molar refractivity (Wildman–Crippen MR) is 75.3 cm³/mol. The Bertz CT molecular complexity index is 492. The summed E-state index contributed by atoms with van der Waals surface area (Å²) in [7, 11) is 0. The van der Waals surface area contributed by atoms with E-state index in [2.05, 4.69) is 25.1 Å². The number of benzene rings is 1. The van der Waals surface area contributed by atoms with Crippen LogP contribution in [0.15, 0.2) is 18.2 Å². The van der Waals surface area contributed by atoms with Gasteiger partial charge in [-0.25, -0.2) is 0 Å². The van der Waals surface area contributed by atoms with Crippen LogP contribution in [0.3, 0.4) is 0 Å². The second-order valence-electron chi connectivity index (χ2n) is 6.31. The number of hydrogen-bond donors (Lipinski definition) is 1. The molecule has 1 aromatic rings. The summed E-state index contributed by atoms with van der Waals surface area (Å²) in [4.78, 5) is 10.9. The second kappa shape index (κ2) is 4.99. The summed E-state index contributed by atoms with van der Waals surface area (Å²) in [6, 6.07) is 6.92. The minimum Gasteiger partial charge on any atom is -0.481 e. The Hall–Kier alpha value is -1.31. The number of fused-ring (bicyclic) bond motifs is 1. The Labute approximate surface area is 114 Å². The van der Waals surface area contributed by atoms with Crippen LogP contribution in [0.4, 0.5) is 0 Å². The Kier molecular flexibility index (Phi) is 3.34. The minimum atomic E-state index is -0.609. The highest BCUT2D eigenvalue weighted by Gasteiger charge is 2.43. The number of carboxylic acid groups (broad SMARTS) is 1. The molecule has 0 heterocycles. The predicted octanol–water partition coefficient (Wildman–Crippen LogP) is 3.78. The Morgan fingerprint density at radius 3 is 2.74 bits per heavy atom. The lowest BCUT2D eigenvalue weighted by molar-refractivity contribution is -0.138. The summed E-state index contributed by atoms with van der Waals surface area (Å²) in [6.07, 6.45) is 6.99. The molecular formula is C17H22O2.